The lowest BCUT2D eigenvalue weighted by molar-refractivity contribution is 0.0439. The molecular weight excluding hydrogens is 434 g/mol. The van der Waals surface area contributed by atoms with Crippen LogP contribution in [0.15, 0.2) is 48.5 Å². The van der Waals surface area contributed by atoms with Crippen molar-refractivity contribution in [3.05, 3.63) is 59.1 Å². The van der Waals surface area contributed by atoms with Crippen molar-refractivity contribution in [2.75, 3.05) is 38.1 Å². The second kappa shape index (κ2) is 10.8. The molecular formula is C27H36ClN3O2. The van der Waals surface area contributed by atoms with Gasteiger partial charge in [-0.15, -0.1) is 0 Å². The molecule has 1 spiro atoms. The molecule has 0 radical (unpaired) electrons. The van der Waals surface area contributed by atoms with Crippen LogP contribution in [0.3, 0.4) is 0 Å². The Balaban J connectivity index is 1.25. The Morgan fingerprint density at radius 3 is 2.30 bits per heavy atom. The molecule has 0 bridgehead atoms. The number of likely N-dealkylation sites (tertiary alicyclic amines) is 2. The van der Waals surface area contributed by atoms with E-state index in [0.29, 0.717) is 16.4 Å². The molecule has 2 aliphatic heterocycles. The Bertz CT molecular complexity index is 913. The largest absolute Gasteiger partial charge is 0.493 e. The van der Waals surface area contributed by atoms with Crippen LogP contribution in [0.4, 0.5) is 10.5 Å². The van der Waals surface area contributed by atoms with Gasteiger partial charge >= 0.3 is 6.03 Å². The van der Waals surface area contributed by atoms with Crippen LogP contribution in [-0.2, 0) is 6.54 Å². The number of ether oxygens (including phenoxy) is 1. The van der Waals surface area contributed by atoms with Gasteiger partial charge in [0.05, 0.1) is 6.61 Å². The van der Waals surface area contributed by atoms with Crippen LogP contribution in [0.1, 0.15) is 45.1 Å². The number of halogens is 1. The monoisotopic (exact) mass is 469 g/mol. The fourth-order valence-electron chi connectivity index (χ4n) is 4.88. The summed E-state index contributed by atoms with van der Waals surface area (Å²) >= 11 is 5.94. The number of benzene rings is 2. The van der Waals surface area contributed by atoms with Crippen LogP contribution in [0, 0.1) is 11.3 Å². The minimum Gasteiger partial charge on any atom is -0.493 e. The summed E-state index contributed by atoms with van der Waals surface area (Å²) in [6.45, 7) is 9.92. The first-order valence-corrected chi connectivity index (χ1v) is 12.5. The number of piperidine rings is 2. The highest BCUT2D eigenvalue weighted by Crippen LogP contribution is 2.41. The normalized spacial score (nSPS) is 18.5. The highest BCUT2D eigenvalue weighted by molar-refractivity contribution is 6.30. The summed E-state index contributed by atoms with van der Waals surface area (Å²) in [4.78, 5) is 17.2. The van der Waals surface area contributed by atoms with Gasteiger partial charge in [0, 0.05) is 35.9 Å². The van der Waals surface area contributed by atoms with Gasteiger partial charge in [-0.2, -0.15) is 0 Å². The molecule has 5 nitrogen and oxygen atoms in total. The fraction of sp³-hybridized carbons (Fsp3) is 0.519. The number of carbonyl (C=O) groups excluding carboxylic acids is 1. The molecule has 2 aromatic carbocycles. The SMILES string of the molecule is CC(C)COc1ccccc1CN1CCC2(CC1)CCN(C(=O)Nc1ccc(Cl)cc1)CC2. The summed E-state index contributed by atoms with van der Waals surface area (Å²) in [7, 11) is 0. The number of amides is 2. The third-order valence-electron chi connectivity index (χ3n) is 7.06. The number of hydrogen-bond donors (Lipinski definition) is 1. The summed E-state index contributed by atoms with van der Waals surface area (Å²) in [5.41, 5.74) is 2.44. The molecule has 0 unspecified atom stereocenters. The van der Waals surface area contributed by atoms with E-state index in [2.05, 4.69) is 48.3 Å². The Morgan fingerprint density at radius 1 is 1.00 bits per heavy atom. The molecule has 1 N–H and O–H groups in total. The van der Waals surface area contributed by atoms with Crippen LogP contribution in [0.2, 0.25) is 5.02 Å². The Labute approximate surface area is 203 Å². The Morgan fingerprint density at radius 2 is 1.64 bits per heavy atom. The van der Waals surface area contributed by atoms with Crippen LogP contribution < -0.4 is 10.1 Å². The summed E-state index contributed by atoms with van der Waals surface area (Å²) in [5.74, 6) is 1.54. The Hall–Kier alpha value is -2.24. The number of urea groups is 1. The van der Waals surface area contributed by atoms with Gasteiger partial charge in [-0.3, -0.25) is 4.90 Å². The van der Waals surface area contributed by atoms with Gasteiger partial charge in [-0.05, 0) is 80.4 Å². The van der Waals surface area contributed by atoms with Crippen molar-refractivity contribution in [2.45, 2.75) is 46.1 Å². The molecule has 2 aromatic rings. The molecule has 0 aromatic heterocycles. The second-order valence-corrected chi connectivity index (χ2v) is 10.4. The zero-order valence-electron chi connectivity index (χ0n) is 19.9. The zero-order valence-corrected chi connectivity index (χ0v) is 20.6. The summed E-state index contributed by atoms with van der Waals surface area (Å²) in [5, 5.41) is 3.67. The molecule has 0 atom stereocenters. The van der Waals surface area contributed by atoms with E-state index in [0.717, 1.165) is 63.6 Å². The van der Waals surface area contributed by atoms with Crippen molar-refractivity contribution in [1.82, 2.24) is 9.80 Å². The van der Waals surface area contributed by atoms with E-state index in [-0.39, 0.29) is 6.03 Å². The minimum absolute atomic E-state index is 0.0115. The number of rotatable bonds is 6. The molecule has 0 saturated carbocycles. The van der Waals surface area contributed by atoms with Gasteiger partial charge in [0.25, 0.3) is 0 Å². The number of para-hydroxylation sites is 1. The average molecular weight is 470 g/mol. The number of nitrogens with zero attached hydrogens (tertiary/aromatic N) is 2. The van der Waals surface area contributed by atoms with Gasteiger partial charge in [0.1, 0.15) is 5.75 Å². The topological polar surface area (TPSA) is 44.8 Å². The lowest BCUT2D eigenvalue weighted by Gasteiger charge is -2.47. The van der Waals surface area contributed by atoms with Crippen LogP contribution >= 0.6 is 11.6 Å². The molecule has 4 rings (SSSR count). The van der Waals surface area contributed by atoms with E-state index >= 15 is 0 Å². The van der Waals surface area contributed by atoms with E-state index < -0.39 is 0 Å². The quantitative estimate of drug-likeness (QED) is 0.541. The molecule has 6 heteroatoms. The maximum Gasteiger partial charge on any atom is 0.321 e. The lowest BCUT2D eigenvalue weighted by atomic mass is 9.71. The van der Waals surface area contributed by atoms with Crippen molar-refractivity contribution >= 4 is 23.3 Å². The van der Waals surface area contributed by atoms with E-state index in [1.165, 1.54) is 18.4 Å². The van der Waals surface area contributed by atoms with E-state index in [1.807, 2.05) is 17.0 Å². The maximum atomic E-state index is 12.7. The number of nitrogens with one attached hydrogen (secondary N) is 1. The van der Waals surface area contributed by atoms with Crippen LogP contribution in [0.25, 0.3) is 0 Å². The summed E-state index contributed by atoms with van der Waals surface area (Å²) in [6, 6.07) is 15.7. The smallest absolute Gasteiger partial charge is 0.321 e. The molecule has 2 fully saturated rings. The summed E-state index contributed by atoms with van der Waals surface area (Å²) < 4.78 is 6.06. The van der Waals surface area contributed by atoms with Crippen molar-refractivity contribution in [3.8, 4) is 5.75 Å². The minimum atomic E-state index is -0.0115. The predicted molar refractivity (Wildman–Crippen MR) is 135 cm³/mol. The van der Waals surface area contributed by atoms with Crippen LogP contribution in [-0.4, -0.2) is 48.6 Å². The van der Waals surface area contributed by atoms with Crippen molar-refractivity contribution in [3.63, 3.8) is 0 Å². The lowest BCUT2D eigenvalue weighted by Crippen LogP contribution is -2.49. The molecule has 2 heterocycles. The fourth-order valence-corrected chi connectivity index (χ4v) is 5.00. The number of hydrogen-bond acceptors (Lipinski definition) is 3. The first kappa shape index (κ1) is 23.9. The molecule has 33 heavy (non-hydrogen) atoms. The van der Waals surface area contributed by atoms with Gasteiger partial charge < -0.3 is 15.0 Å². The van der Waals surface area contributed by atoms with Gasteiger partial charge in [-0.25, -0.2) is 4.79 Å². The highest BCUT2D eigenvalue weighted by Gasteiger charge is 2.38. The van der Waals surface area contributed by atoms with Crippen LogP contribution in [0.5, 0.6) is 5.75 Å². The maximum absolute atomic E-state index is 12.7. The van der Waals surface area contributed by atoms with Gasteiger partial charge in [0.2, 0.25) is 0 Å². The second-order valence-electron chi connectivity index (χ2n) is 10.0. The van der Waals surface area contributed by atoms with E-state index in [9.17, 15) is 4.79 Å². The standard InChI is InChI=1S/C27H36ClN3O2/c1-21(2)20-33-25-6-4-3-5-22(25)19-30-15-11-27(12-16-30)13-17-31(18-14-27)26(32)29-24-9-7-23(28)8-10-24/h3-10,21H,11-20H2,1-2H3,(H,29,32). The first-order valence-electron chi connectivity index (χ1n) is 12.2. The highest BCUT2D eigenvalue weighted by atomic mass is 35.5. The predicted octanol–water partition coefficient (Wildman–Crippen LogP) is 6.28. The summed E-state index contributed by atoms with van der Waals surface area (Å²) in [6.07, 6.45) is 4.58. The van der Waals surface area contributed by atoms with E-state index in [1.54, 1.807) is 12.1 Å². The Kier molecular flexibility index (Phi) is 7.82. The first-order chi connectivity index (χ1) is 15.9. The molecule has 2 saturated heterocycles. The van der Waals surface area contributed by atoms with Crippen molar-refractivity contribution < 1.29 is 9.53 Å². The van der Waals surface area contributed by atoms with E-state index in [4.69, 9.17) is 16.3 Å². The van der Waals surface area contributed by atoms with Crippen molar-refractivity contribution in [1.29, 1.82) is 0 Å². The number of carbonyl (C=O) groups is 1. The third-order valence-corrected chi connectivity index (χ3v) is 7.31. The van der Waals surface area contributed by atoms with Crippen molar-refractivity contribution in [2.24, 2.45) is 11.3 Å². The third kappa shape index (κ3) is 6.42. The molecule has 2 aliphatic rings. The van der Waals surface area contributed by atoms with Gasteiger partial charge in [0.15, 0.2) is 0 Å². The van der Waals surface area contributed by atoms with Gasteiger partial charge in [-0.1, -0.05) is 43.6 Å². The molecule has 2 amide bonds. The molecule has 178 valence electrons. The average Bonchev–Trinajstić information content (AvgIpc) is 2.82. The number of anilines is 1. The zero-order chi connectivity index (χ0) is 23.3. The molecule has 0 aliphatic carbocycles.